The lowest BCUT2D eigenvalue weighted by atomic mass is 9.81. The number of halogens is 4. The van der Waals surface area contributed by atoms with Crippen LogP contribution in [0.1, 0.15) is 43.5 Å². The van der Waals surface area contributed by atoms with Gasteiger partial charge in [0.25, 0.3) is 0 Å². The first kappa shape index (κ1) is 34.3. The van der Waals surface area contributed by atoms with Crippen LogP contribution < -0.4 is 9.64 Å². The summed E-state index contributed by atoms with van der Waals surface area (Å²) < 4.78 is 79.2. The number of aromatic nitrogens is 2. The molecule has 0 amide bonds. The van der Waals surface area contributed by atoms with E-state index in [9.17, 15) is 17.2 Å². The zero-order chi connectivity index (χ0) is 33.4. The molecular formula is C33H37ClF3N4O3S2+. The second kappa shape index (κ2) is 13.6. The van der Waals surface area contributed by atoms with Gasteiger partial charge in [0, 0.05) is 40.4 Å². The van der Waals surface area contributed by atoms with E-state index in [2.05, 4.69) is 4.98 Å². The van der Waals surface area contributed by atoms with E-state index in [1.165, 1.54) is 52.3 Å². The maximum Gasteiger partial charge on any atom is 0.243 e. The highest BCUT2D eigenvalue weighted by Crippen LogP contribution is 2.39. The van der Waals surface area contributed by atoms with Gasteiger partial charge in [-0.2, -0.15) is 4.31 Å². The number of ether oxygens (including phenoxy) is 1. The van der Waals surface area contributed by atoms with E-state index in [0.29, 0.717) is 29.6 Å². The van der Waals surface area contributed by atoms with Crippen LogP contribution in [0.5, 0.6) is 5.75 Å². The molecular weight excluding hydrogens is 657 g/mol. The summed E-state index contributed by atoms with van der Waals surface area (Å²) in [6.45, 7) is 4.63. The van der Waals surface area contributed by atoms with Gasteiger partial charge in [0.2, 0.25) is 10.0 Å². The van der Waals surface area contributed by atoms with Crippen molar-refractivity contribution in [3.8, 4) is 11.4 Å². The third-order valence-corrected chi connectivity index (χ3v) is 11.8. The highest BCUT2D eigenvalue weighted by molar-refractivity contribution is 7.98. The highest BCUT2D eigenvalue weighted by Gasteiger charge is 2.34. The summed E-state index contributed by atoms with van der Waals surface area (Å²) in [6.07, 6.45) is 3.33. The largest absolute Gasteiger partial charge is 0.494 e. The second-order valence-corrected chi connectivity index (χ2v) is 15.4. The van der Waals surface area contributed by atoms with E-state index in [1.807, 2.05) is 32.5 Å². The summed E-state index contributed by atoms with van der Waals surface area (Å²) in [5, 5.41) is 0.471. The fourth-order valence-corrected chi connectivity index (χ4v) is 8.71. The summed E-state index contributed by atoms with van der Waals surface area (Å²) in [5.74, 6) is -1.48. The second-order valence-electron chi connectivity index (χ2n) is 12.1. The van der Waals surface area contributed by atoms with E-state index in [0.717, 1.165) is 24.5 Å². The zero-order valence-corrected chi connectivity index (χ0v) is 28.7. The lowest BCUT2D eigenvalue weighted by Crippen LogP contribution is -3.11. The molecule has 0 bridgehead atoms. The molecule has 13 heteroatoms. The lowest BCUT2D eigenvalue weighted by Gasteiger charge is -2.33. The van der Waals surface area contributed by atoms with Gasteiger partial charge in [-0.05, 0) is 60.5 Å². The minimum Gasteiger partial charge on any atom is -0.494 e. The van der Waals surface area contributed by atoms with Gasteiger partial charge in [-0.3, -0.25) is 4.57 Å². The Balaban J connectivity index is 1.47. The van der Waals surface area contributed by atoms with Gasteiger partial charge in [-0.25, -0.2) is 26.6 Å². The van der Waals surface area contributed by atoms with Gasteiger partial charge < -0.3 is 9.64 Å². The van der Waals surface area contributed by atoms with Crippen molar-refractivity contribution in [2.24, 2.45) is 0 Å². The molecule has 0 aliphatic carbocycles. The number of sulfonamides is 1. The molecule has 5 rings (SSSR count). The molecule has 3 aromatic carbocycles. The first-order valence-electron chi connectivity index (χ1n) is 14.8. The molecule has 1 aliphatic rings. The van der Waals surface area contributed by atoms with Crippen LogP contribution in [0.15, 0.2) is 70.8 Å². The Morgan fingerprint density at radius 2 is 1.78 bits per heavy atom. The van der Waals surface area contributed by atoms with Crippen molar-refractivity contribution >= 4 is 33.4 Å². The van der Waals surface area contributed by atoms with Crippen LogP contribution in [-0.4, -0.2) is 62.6 Å². The van der Waals surface area contributed by atoms with E-state index in [1.54, 1.807) is 30.5 Å². The monoisotopic (exact) mass is 693 g/mol. The van der Waals surface area contributed by atoms with E-state index < -0.39 is 32.9 Å². The Hall–Kier alpha value is -3.03. The predicted octanol–water partition coefficient (Wildman–Crippen LogP) is 5.87. The Morgan fingerprint density at radius 3 is 2.43 bits per heavy atom. The molecule has 0 spiro atoms. The van der Waals surface area contributed by atoms with Gasteiger partial charge in [-0.1, -0.05) is 43.3 Å². The Bertz CT molecular complexity index is 1810. The molecule has 1 atom stereocenters. The van der Waals surface area contributed by atoms with Crippen LogP contribution in [0.25, 0.3) is 5.69 Å². The van der Waals surface area contributed by atoms with Gasteiger partial charge in [-0.15, -0.1) is 0 Å². The minimum absolute atomic E-state index is 0.00304. The van der Waals surface area contributed by atoms with Crippen LogP contribution in [0.4, 0.5) is 13.2 Å². The Labute approximate surface area is 277 Å². The first-order valence-corrected chi connectivity index (χ1v) is 17.6. The fourth-order valence-electron chi connectivity index (χ4n) is 5.70. The molecule has 4 aromatic rings. The average Bonchev–Trinajstić information content (AvgIpc) is 3.46. The van der Waals surface area contributed by atoms with Gasteiger partial charge in [0.15, 0.2) is 16.7 Å². The molecule has 1 unspecified atom stereocenters. The molecule has 0 saturated carbocycles. The van der Waals surface area contributed by atoms with Crippen molar-refractivity contribution < 1.29 is 31.2 Å². The Kier molecular flexibility index (Phi) is 10.1. The van der Waals surface area contributed by atoms with Crippen molar-refractivity contribution in [3.05, 3.63) is 100 Å². The molecule has 1 N–H and O–H groups in total. The SMILES string of the molecule is COc1cc(C(C)(C)c2cnc(SCc3c(F)cc(S(=O)(=O)N4CCCC([NH+](C)C)C4)cc3Cl)n2-c2ccc(F)cc2)ccc1F. The molecule has 246 valence electrons. The number of rotatable bonds is 10. The number of piperidine rings is 1. The number of hydrogen-bond acceptors (Lipinski definition) is 5. The topological polar surface area (TPSA) is 68.9 Å². The van der Waals surface area contributed by atoms with Gasteiger partial charge >= 0.3 is 0 Å². The maximum atomic E-state index is 15.6. The molecule has 1 saturated heterocycles. The zero-order valence-electron chi connectivity index (χ0n) is 26.3. The van der Waals surface area contributed by atoms with Crippen LogP contribution >= 0.6 is 23.4 Å². The standard InChI is InChI=1S/C33H36ClF3N4O3S2/c1-33(2,21-8-13-28(36)30(15-21)44-5)31-18-38-32(41(31)23-11-9-22(35)10-12-23)45-20-26-27(34)16-25(17-29(26)37)46(42,43)40-14-6-7-24(19-40)39(3)4/h8-13,15-18,24H,6-7,14,19-20H2,1-5H3/p+1. The maximum absolute atomic E-state index is 15.6. The van der Waals surface area contributed by atoms with Crippen LogP contribution in [-0.2, 0) is 21.2 Å². The third kappa shape index (κ3) is 6.82. The summed E-state index contributed by atoms with van der Waals surface area (Å²) in [7, 11) is 1.45. The number of hydrogen-bond donors (Lipinski definition) is 1. The van der Waals surface area contributed by atoms with Gasteiger partial charge in [0.1, 0.15) is 17.7 Å². The molecule has 1 aromatic heterocycles. The van der Waals surface area contributed by atoms with Crippen molar-refractivity contribution in [3.63, 3.8) is 0 Å². The molecule has 1 fully saturated rings. The van der Waals surface area contributed by atoms with E-state index in [4.69, 9.17) is 16.3 Å². The number of thioether (sulfide) groups is 1. The predicted molar refractivity (Wildman–Crippen MR) is 174 cm³/mol. The van der Waals surface area contributed by atoms with Crippen molar-refractivity contribution in [2.75, 3.05) is 34.3 Å². The summed E-state index contributed by atoms with van der Waals surface area (Å²) in [5.41, 5.74) is 1.50. The van der Waals surface area contributed by atoms with Crippen molar-refractivity contribution in [1.29, 1.82) is 0 Å². The van der Waals surface area contributed by atoms with Gasteiger partial charge in [0.05, 0.1) is 44.5 Å². The summed E-state index contributed by atoms with van der Waals surface area (Å²) >= 11 is 7.75. The average molecular weight is 694 g/mol. The first-order chi connectivity index (χ1) is 21.7. The lowest BCUT2D eigenvalue weighted by molar-refractivity contribution is -0.886. The molecule has 0 radical (unpaired) electrons. The molecule has 7 nitrogen and oxygen atoms in total. The number of benzene rings is 3. The Morgan fingerprint density at radius 1 is 1.07 bits per heavy atom. The quantitative estimate of drug-likeness (QED) is 0.211. The number of methoxy groups -OCH3 is 1. The highest BCUT2D eigenvalue weighted by atomic mass is 35.5. The van der Waals surface area contributed by atoms with Crippen LogP contribution in [0.2, 0.25) is 5.02 Å². The van der Waals surface area contributed by atoms with Crippen LogP contribution in [0, 0.1) is 17.5 Å². The summed E-state index contributed by atoms with van der Waals surface area (Å²) in [6, 6.07) is 13.0. The minimum atomic E-state index is -3.94. The van der Waals surface area contributed by atoms with Crippen LogP contribution in [0.3, 0.4) is 0 Å². The number of quaternary nitrogens is 1. The summed E-state index contributed by atoms with van der Waals surface area (Å²) in [4.78, 5) is 5.63. The number of imidazole rings is 1. The van der Waals surface area contributed by atoms with Crippen molar-refractivity contribution in [2.45, 2.75) is 54.0 Å². The molecule has 2 heterocycles. The third-order valence-electron chi connectivity index (χ3n) is 8.63. The smallest absolute Gasteiger partial charge is 0.243 e. The van der Waals surface area contributed by atoms with E-state index in [-0.39, 0.29) is 33.0 Å². The normalized spacial score (nSPS) is 16.3. The number of nitrogens with zero attached hydrogens (tertiary/aromatic N) is 3. The van der Waals surface area contributed by atoms with Crippen molar-refractivity contribution in [1.82, 2.24) is 13.9 Å². The number of likely N-dealkylation sites (N-methyl/N-ethyl adjacent to an activating group) is 1. The number of nitrogens with one attached hydrogen (secondary N) is 1. The fraction of sp³-hybridized carbons (Fsp3) is 0.364. The van der Waals surface area contributed by atoms with E-state index >= 15 is 4.39 Å². The molecule has 46 heavy (non-hydrogen) atoms. The molecule has 1 aliphatic heterocycles.